The third-order valence-corrected chi connectivity index (χ3v) is 3.52. The molecule has 0 radical (unpaired) electrons. The third-order valence-electron chi connectivity index (χ3n) is 3.52. The second-order valence-electron chi connectivity index (χ2n) is 5.20. The van der Waals surface area contributed by atoms with E-state index < -0.39 is 0 Å². The van der Waals surface area contributed by atoms with Gasteiger partial charge in [0.2, 0.25) is 0 Å². The molecule has 1 heterocycles. The van der Waals surface area contributed by atoms with E-state index in [0.717, 1.165) is 29.8 Å². The van der Waals surface area contributed by atoms with Gasteiger partial charge in [-0.15, -0.1) is 0 Å². The molecule has 0 bridgehead atoms. The van der Waals surface area contributed by atoms with Gasteiger partial charge < -0.3 is 5.32 Å². The average molecular weight is 262 g/mol. The van der Waals surface area contributed by atoms with Crippen molar-refractivity contribution in [2.75, 3.05) is 0 Å². The summed E-state index contributed by atoms with van der Waals surface area (Å²) in [6.45, 7) is 2.20. The molecule has 0 saturated heterocycles. The van der Waals surface area contributed by atoms with Crippen molar-refractivity contribution in [2.45, 2.75) is 31.8 Å². The largest absolute Gasteiger partial charge is 0.367 e. The van der Waals surface area contributed by atoms with E-state index in [0.29, 0.717) is 6.04 Å². The van der Waals surface area contributed by atoms with Crippen molar-refractivity contribution < 1.29 is 0 Å². The topological polar surface area (TPSA) is 24.4 Å². The maximum atomic E-state index is 4.87. The summed E-state index contributed by atoms with van der Waals surface area (Å²) < 4.78 is 0. The van der Waals surface area contributed by atoms with Crippen molar-refractivity contribution in [2.24, 2.45) is 4.99 Å². The molecule has 0 aromatic heterocycles. The lowest BCUT2D eigenvalue weighted by atomic mass is 9.97. The van der Waals surface area contributed by atoms with Crippen LogP contribution >= 0.6 is 0 Å². The SMILES string of the molecule is CC1CC(C2=CC=CCC#C2)N=C(c2ccccc2)N1. The predicted octanol–water partition coefficient (Wildman–Crippen LogP) is 3.07. The van der Waals surface area contributed by atoms with Crippen LogP contribution in [0, 0.1) is 11.8 Å². The fourth-order valence-electron chi connectivity index (χ4n) is 2.51. The molecule has 0 fully saturated rings. The highest BCUT2D eigenvalue weighted by Gasteiger charge is 2.23. The lowest BCUT2D eigenvalue weighted by molar-refractivity contribution is 0.531. The second kappa shape index (κ2) is 5.79. The maximum absolute atomic E-state index is 4.87. The van der Waals surface area contributed by atoms with Crippen molar-refractivity contribution in [1.29, 1.82) is 0 Å². The molecule has 1 aliphatic heterocycles. The van der Waals surface area contributed by atoms with E-state index in [9.17, 15) is 0 Å². The minimum absolute atomic E-state index is 0.164. The molecule has 2 nitrogen and oxygen atoms in total. The fourth-order valence-corrected chi connectivity index (χ4v) is 2.51. The van der Waals surface area contributed by atoms with Crippen LogP contribution in [-0.4, -0.2) is 17.9 Å². The summed E-state index contributed by atoms with van der Waals surface area (Å²) in [4.78, 5) is 4.87. The number of hydrogen-bond acceptors (Lipinski definition) is 2. The summed E-state index contributed by atoms with van der Waals surface area (Å²) in [7, 11) is 0. The number of rotatable bonds is 2. The molecule has 2 unspecified atom stereocenters. The second-order valence-corrected chi connectivity index (χ2v) is 5.20. The number of hydrogen-bond donors (Lipinski definition) is 1. The zero-order valence-corrected chi connectivity index (χ0v) is 11.6. The zero-order chi connectivity index (χ0) is 13.8. The predicted molar refractivity (Wildman–Crippen MR) is 83.6 cm³/mol. The van der Waals surface area contributed by atoms with Crippen molar-refractivity contribution >= 4 is 5.84 Å². The van der Waals surface area contributed by atoms with Crippen molar-refractivity contribution in [3.05, 3.63) is 59.7 Å². The summed E-state index contributed by atoms with van der Waals surface area (Å²) in [6.07, 6.45) is 8.09. The molecule has 0 saturated carbocycles. The first-order chi connectivity index (χ1) is 9.83. The minimum atomic E-state index is 0.164. The van der Waals surface area contributed by atoms with Gasteiger partial charge in [0.1, 0.15) is 5.84 Å². The normalized spacial score (nSPS) is 24.6. The van der Waals surface area contributed by atoms with Gasteiger partial charge in [-0.3, -0.25) is 4.99 Å². The third kappa shape index (κ3) is 2.83. The molecular formula is C18H18N2. The monoisotopic (exact) mass is 262 g/mol. The van der Waals surface area contributed by atoms with E-state index in [2.05, 4.69) is 54.4 Å². The molecule has 1 aromatic rings. The van der Waals surface area contributed by atoms with Gasteiger partial charge in [-0.2, -0.15) is 0 Å². The Morgan fingerprint density at radius 3 is 2.95 bits per heavy atom. The van der Waals surface area contributed by atoms with Gasteiger partial charge in [0.05, 0.1) is 6.04 Å². The van der Waals surface area contributed by atoms with Gasteiger partial charge in [-0.1, -0.05) is 54.3 Å². The Kier molecular flexibility index (Phi) is 3.69. The van der Waals surface area contributed by atoms with Gasteiger partial charge >= 0.3 is 0 Å². The number of aliphatic imine (C=N–C) groups is 1. The Morgan fingerprint density at radius 1 is 1.25 bits per heavy atom. The van der Waals surface area contributed by atoms with Gasteiger partial charge in [0.15, 0.2) is 0 Å². The zero-order valence-electron chi connectivity index (χ0n) is 11.6. The standard InChI is InChI=1S/C18H18N2/c1-14-13-17(15-9-5-2-3-6-10-15)20-18(19-14)16-11-7-4-8-12-16/h2,4-5,7-9,11-12,14,17H,3,13H2,1H3,(H,19,20). The maximum Gasteiger partial charge on any atom is 0.129 e. The van der Waals surface area contributed by atoms with E-state index in [1.54, 1.807) is 0 Å². The van der Waals surface area contributed by atoms with E-state index in [4.69, 9.17) is 4.99 Å². The highest BCUT2D eigenvalue weighted by atomic mass is 15.1. The molecule has 100 valence electrons. The van der Waals surface area contributed by atoms with Crippen LogP contribution in [0.1, 0.15) is 25.3 Å². The van der Waals surface area contributed by atoms with Gasteiger partial charge in [-0.05, 0) is 19.4 Å². The Balaban J connectivity index is 1.93. The summed E-state index contributed by atoms with van der Waals surface area (Å²) >= 11 is 0. The minimum Gasteiger partial charge on any atom is -0.367 e. The Labute approximate surface area is 120 Å². The highest BCUT2D eigenvalue weighted by Crippen LogP contribution is 2.19. The summed E-state index contributed by atoms with van der Waals surface area (Å²) in [5.74, 6) is 7.40. The lowest BCUT2D eigenvalue weighted by Crippen LogP contribution is -2.41. The van der Waals surface area contributed by atoms with Crippen LogP contribution < -0.4 is 5.32 Å². The first-order valence-electron chi connectivity index (χ1n) is 7.08. The Hall–Kier alpha value is -2.27. The Morgan fingerprint density at radius 2 is 2.10 bits per heavy atom. The first kappa shape index (κ1) is 12.7. The molecule has 0 spiro atoms. The molecule has 2 atom stereocenters. The number of benzene rings is 1. The van der Waals surface area contributed by atoms with Crippen LogP contribution in [-0.2, 0) is 0 Å². The lowest BCUT2D eigenvalue weighted by Gasteiger charge is -2.27. The van der Waals surface area contributed by atoms with Crippen molar-refractivity contribution in [1.82, 2.24) is 5.32 Å². The fraction of sp³-hybridized carbons (Fsp3) is 0.278. The van der Waals surface area contributed by atoms with Crippen molar-refractivity contribution in [3.8, 4) is 11.8 Å². The molecule has 2 heteroatoms. The van der Waals surface area contributed by atoms with E-state index in [1.807, 2.05) is 18.2 Å². The smallest absolute Gasteiger partial charge is 0.129 e. The molecule has 0 amide bonds. The van der Waals surface area contributed by atoms with Crippen LogP contribution in [0.4, 0.5) is 0 Å². The number of allylic oxidation sites excluding steroid dienone is 3. The highest BCUT2D eigenvalue weighted by molar-refractivity contribution is 5.99. The van der Waals surface area contributed by atoms with Crippen LogP contribution in [0.25, 0.3) is 0 Å². The van der Waals surface area contributed by atoms with E-state index in [1.165, 1.54) is 0 Å². The molecule has 1 N–H and O–H groups in total. The van der Waals surface area contributed by atoms with Crippen LogP contribution in [0.15, 0.2) is 59.1 Å². The summed E-state index contributed by atoms with van der Waals surface area (Å²) in [5, 5.41) is 3.47. The van der Waals surface area contributed by atoms with Crippen LogP contribution in [0.5, 0.6) is 0 Å². The van der Waals surface area contributed by atoms with Crippen LogP contribution in [0.3, 0.4) is 0 Å². The van der Waals surface area contributed by atoms with E-state index >= 15 is 0 Å². The molecule has 1 aromatic carbocycles. The molecule has 1 aliphatic carbocycles. The molecule has 20 heavy (non-hydrogen) atoms. The summed E-state index contributed by atoms with van der Waals surface area (Å²) in [6, 6.07) is 10.9. The molecule has 3 rings (SSSR count). The average Bonchev–Trinajstić information content (AvgIpc) is 2.77. The van der Waals surface area contributed by atoms with Gasteiger partial charge in [0.25, 0.3) is 0 Å². The van der Waals surface area contributed by atoms with Gasteiger partial charge in [-0.25, -0.2) is 0 Å². The molecule has 2 aliphatic rings. The first-order valence-corrected chi connectivity index (χ1v) is 7.08. The number of amidine groups is 1. The summed E-state index contributed by atoms with van der Waals surface area (Å²) in [5.41, 5.74) is 2.27. The van der Waals surface area contributed by atoms with Gasteiger partial charge in [0, 0.05) is 23.6 Å². The Bertz CT molecular complexity index is 626. The molecular weight excluding hydrogens is 244 g/mol. The quantitative estimate of drug-likeness (QED) is 0.814. The number of nitrogens with zero attached hydrogens (tertiary/aromatic N) is 1. The van der Waals surface area contributed by atoms with Crippen molar-refractivity contribution in [3.63, 3.8) is 0 Å². The van der Waals surface area contributed by atoms with Crippen LogP contribution in [0.2, 0.25) is 0 Å². The van der Waals surface area contributed by atoms with E-state index in [-0.39, 0.29) is 6.04 Å². The number of nitrogens with one attached hydrogen (secondary N) is 1.